The number of azo groups is 1. The molecule has 1 unspecified atom stereocenters. The number of fused-ring (bicyclic) bond motifs is 3. The van der Waals surface area contributed by atoms with Crippen LogP contribution in [0.25, 0.3) is 11.1 Å². The zero-order chi connectivity index (χ0) is 21.0. The number of benzene rings is 1. The molecule has 152 valence electrons. The summed E-state index contributed by atoms with van der Waals surface area (Å²) >= 11 is 0. The van der Waals surface area contributed by atoms with Gasteiger partial charge in [0.25, 0.3) is 5.91 Å². The molecule has 3 heterocycles. The minimum absolute atomic E-state index is 0.0657. The van der Waals surface area contributed by atoms with E-state index >= 15 is 0 Å². The van der Waals surface area contributed by atoms with E-state index in [9.17, 15) is 22.8 Å². The molecular formula is C21H15F3N4O2. The van der Waals surface area contributed by atoms with E-state index in [1.807, 2.05) is 0 Å². The summed E-state index contributed by atoms with van der Waals surface area (Å²) in [6.07, 6.45) is -0.0389. The van der Waals surface area contributed by atoms with Crippen molar-refractivity contribution in [3.8, 4) is 11.1 Å². The van der Waals surface area contributed by atoms with Crippen LogP contribution >= 0.6 is 0 Å². The first-order chi connectivity index (χ1) is 14.3. The molecule has 1 amide bonds. The standard InChI is InChI=1S/C21H15F3N4O2/c22-21(23,24)10-28-16-7-14(8-25-18(16)17-15(20(28)30)9-26-27-17)11-1-3-12(4-2-11)19(29)13-5-6-13/h1-4,7-9,13,17H,5-6,10H2. The molecule has 0 N–H and O–H groups in total. The number of hydrogen-bond acceptors (Lipinski definition) is 5. The lowest BCUT2D eigenvalue weighted by atomic mass is 9.95. The van der Waals surface area contributed by atoms with Crippen molar-refractivity contribution in [2.24, 2.45) is 16.1 Å². The number of rotatable bonds is 4. The largest absolute Gasteiger partial charge is 0.406 e. The number of alkyl halides is 3. The smallest absolute Gasteiger partial charge is 0.297 e. The third kappa shape index (κ3) is 3.20. The van der Waals surface area contributed by atoms with Gasteiger partial charge in [0.2, 0.25) is 0 Å². The fourth-order valence-corrected chi connectivity index (χ4v) is 3.73. The predicted octanol–water partition coefficient (Wildman–Crippen LogP) is 4.64. The minimum atomic E-state index is -4.58. The fraction of sp³-hybridized carbons (Fsp3) is 0.286. The molecular weight excluding hydrogens is 397 g/mol. The predicted molar refractivity (Wildman–Crippen MR) is 101 cm³/mol. The molecule has 30 heavy (non-hydrogen) atoms. The van der Waals surface area contributed by atoms with Gasteiger partial charge in [0.15, 0.2) is 5.78 Å². The van der Waals surface area contributed by atoms with Gasteiger partial charge >= 0.3 is 6.18 Å². The minimum Gasteiger partial charge on any atom is -0.297 e. The fourth-order valence-electron chi connectivity index (χ4n) is 3.73. The molecule has 1 atom stereocenters. The maximum absolute atomic E-state index is 13.2. The van der Waals surface area contributed by atoms with E-state index in [1.54, 1.807) is 24.3 Å². The molecule has 1 aliphatic carbocycles. The van der Waals surface area contributed by atoms with Gasteiger partial charge in [0.05, 0.1) is 23.2 Å². The summed E-state index contributed by atoms with van der Waals surface area (Å²) in [6.45, 7) is -1.43. The van der Waals surface area contributed by atoms with Gasteiger partial charge in [-0.25, -0.2) is 0 Å². The van der Waals surface area contributed by atoms with E-state index < -0.39 is 24.7 Å². The van der Waals surface area contributed by atoms with Crippen LogP contribution in [0.3, 0.4) is 0 Å². The lowest BCUT2D eigenvalue weighted by molar-refractivity contribution is -0.130. The molecule has 2 aliphatic heterocycles. The number of hydrogen-bond donors (Lipinski definition) is 0. The summed E-state index contributed by atoms with van der Waals surface area (Å²) < 4.78 is 39.5. The Bertz CT molecular complexity index is 1120. The summed E-state index contributed by atoms with van der Waals surface area (Å²) in [5, 5.41) is 7.64. The summed E-state index contributed by atoms with van der Waals surface area (Å²) in [4.78, 5) is 29.8. The summed E-state index contributed by atoms with van der Waals surface area (Å²) in [5.41, 5.74) is 2.25. The van der Waals surface area contributed by atoms with Gasteiger partial charge in [-0.2, -0.15) is 23.4 Å². The summed E-state index contributed by atoms with van der Waals surface area (Å²) in [5.74, 6) is -0.567. The monoisotopic (exact) mass is 412 g/mol. The molecule has 0 spiro atoms. The summed E-state index contributed by atoms with van der Waals surface area (Å²) in [6, 6.07) is 7.61. The van der Waals surface area contributed by atoms with Crippen LogP contribution in [-0.2, 0) is 4.79 Å². The van der Waals surface area contributed by atoms with Crippen LogP contribution in [0.5, 0.6) is 0 Å². The third-order valence-corrected chi connectivity index (χ3v) is 5.40. The molecule has 9 heteroatoms. The van der Waals surface area contributed by atoms with Crippen LogP contribution in [0.2, 0.25) is 0 Å². The molecule has 1 aromatic carbocycles. The van der Waals surface area contributed by atoms with Crippen molar-refractivity contribution in [3.05, 3.63) is 59.6 Å². The molecule has 1 saturated carbocycles. The van der Waals surface area contributed by atoms with Crippen molar-refractivity contribution in [2.45, 2.75) is 25.1 Å². The third-order valence-electron chi connectivity index (χ3n) is 5.40. The van der Waals surface area contributed by atoms with Crippen LogP contribution < -0.4 is 4.90 Å². The normalized spacial score (nSPS) is 20.1. The topological polar surface area (TPSA) is 75.0 Å². The number of ketones is 1. The highest BCUT2D eigenvalue weighted by atomic mass is 19.4. The first-order valence-corrected chi connectivity index (χ1v) is 9.45. The number of aromatic nitrogens is 1. The molecule has 6 nitrogen and oxygen atoms in total. The van der Waals surface area contributed by atoms with E-state index in [-0.39, 0.29) is 28.7 Å². The Morgan fingerprint density at radius 3 is 2.53 bits per heavy atom. The van der Waals surface area contributed by atoms with Gasteiger partial charge in [-0.15, -0.1) is 0 Å². The van der Waals surface area contributed by atoms with E-state index in [1.165, 1.54) is 18.5 Å². The molecule has 1 aromatic heterocycles. The quantitative estimate of drug-likeness (QED) is 0.687. The number of Topliss-reactive ketones (excluding diaryl/α,β-unsaturated/α-hetero) is 1. The average molecular weight is 412 g/mol. The van der Waals surface area contributed by atoms with Crippen molar-refractivity contribution in [1.29, 1.82) is 0 Å². The lowest BCUT2D eigenvalue weighted by Gasteiger charge is -2.32. The SMILES string of the molecule is O=C(c1ccc(-c2cnc3c(c2)N(CC(F)(F)F)C(=O)C2=CN=NC23)cc1)C1CC1. The number of anilines is 1. The Kier molecular flexibility index (Phi) is 4.09. The molecule has 3 aliphatic rings. The Hall–Kier alpha value is -3.36. The first-order valence-electron chi connectivity index (χ1n) is 9.45. The van der Waals surface area contributed by atoms with Crippen LogP contribution in [0.4, 0.5) is 18.9 Å². The Morgan fingerprint density at radius 2 is 1.87 bits per heavy atom. The van der Waals surface area contributed by atoms with E-state index in [0.29, 0.717) is 21.6 Å². The van der Waals surface area contributed by atoms with E-state index in [0.717, 1.165) is 12.8 Å². The molecule has 5 rings (SSSR count). The second-order valence-electron chi connectivity index (χ2n) is 7.57. The van der Waals surface area contributed by atoms with Gasteiger partial charge in [-0.3, -0.25) is 19.5 Å². The van der Waals surface area contributed by atoms with E-state index in [2.05, 4.69) is 15.2 Å². The number of carbonyl (C=O) groups is 2. The van der Waals surface area contributed by atoms with Gasteiger partial charge < -0.3 is 0 Å². The van der Waals surface area contributed by atoms with Crippen LogP contribution in [0.15, 0.2) is 58.5 Å². The van der Waals surface area contributed by atoms with Crippen molar-refractivity contribution in [1.82, 2.24) is 4.98 Å². The number of amides is 1. The van der Waals surface area contributed by atoms with Gasteiger partial charge in [-0.05, 0) is 24.5 Å². The highest BCUT2D eigenvalue weighted by Gasteiger charge is 2.43. The molecule has 0 bridgehead atoms. The Labute approximate surface area is 169 Å². The zero-order valence-electron chi connectivity index (χ0n) is 15.6. The first kappa shape index (κ1) is 18.7. The molecule has 2 aromatic rings. The zero-order valence-corrected chi connectivity index (χ0v) is 15.6. The highest BCUT2D eigenvalue weighted by molar-refractivity contribution is 6.10. The van der Waals surface area contributed by atoms with Crippen LogP contribution in [-0.4, -0.2) is 29.4 Å². The number of nitrogens with zero attached hydrogens (tertiary/aromatic N) is 4. The number of halogens is 3. The molecule has 0 radical (unpaired) electrons. The van der Waals surface area contributed by atoms with Gasteiger partial charge in [0, 0.05) is 23.2 Å². The maximum Gasteiger partial charge on any atom is 0.406 e. The second kappa shape index (κ2) is 6.58. The van der Waals surface area contributed by atoms with Gasteiger partial charge in [-0.1, -0.05) is 24.3 Å². The van der Waals surface area contributed by atoms with Crippen molar-refractivity contribution in [3.63, 3.8) is 0 Å². The number of pyridine rings is 1. The van der Waals surface area contributed by atoms with Crippen LogP contribution in [0.1, 0.15) is 34.9 Å². The van der Waals surface area contributed by atoms with Crippen molar-refractivity contribution in [2.75, 3.05) is 11.4 Å². The van der Waals surface area contributed by atoms with E-state index in [4.69, 9.17) is 0 Å². The second-order valence-corrected chi connectivity index (χ2v) is 7.57. The van der Waals surface area contributed by atoms with Gasteiger partial charge in [0.1, 0.15) is 12.6 Å². The van der Waals surface area contributed by atoms with Crippen molar-refractivity contribution < 1.29 is 22.8 Å². The maximum atomic E-state index is 13.2. The Balaban J connectivity index is 1.54. The average Bonchev–Trinajstić information content (AvgIpc) is 3.46. The molecule has 0 saturated heterocycles. The highest BCUT2D eigenvalue weighted by Crippen LogP contribution is 2.43. The molecule has 1 fully saturated rings. The number of carbonyl (C=O) groups excluding carboxylic acids is 2. The van der Waals surface area contributed by atoms with Crippen molar-refractivity contribution >= 4 is 17.4 Å². The van der Waals surface area contributed by atoms with Crippen LogP contribution in [0, 0.1) is 5.92 Å². The summed E-state index contributed by atoms with van der Waals surface area (Å²) in [7, 11) is 0. The lowest BCUT2D eigenvalue weighted by Crippen LogP contribution is -2.43. The Morgan fingerprint density at radius 1 is 1.13 bits per heavy atom.